The fourth-order valence-electron chi connectivity index (χ4n) is 7.49. The number of oxime groups is 1. The van der Waals surface area contributed by atoms with Crippen molar-refractivity contribution in [3.8, 4) is 12.3 Å². The lowest BCUT2D eigenvalue weighted by Crippen LogP contribution is -2.54. The molecule has 3 saturated carbocycles. The second-order valence-electron chi connectivity index (χ2n) is 11.0. The molecule has 7 nitrogen and oxygen atoms in total. The summed E-state index contributed by atoms with van der Waals surface area (Å²) in [5, 5.41) is 26.7. The SMILES string of the molecule is C#C[C@@]1(O)CC[C@H]2[C@@H]3CCC4=C/C(=N\OCC(=O)N[C@@H](CS)C(=O)O)CC[C@]4(C)[C@H]3CC[C@@]21C. The van der Waals surface area contributed by atoms with Crippen molar-refractivity contribution in [1.29, 1.82) is 0 Å². The van der Waals surface area contributed by atoms with E-state index < -0.39 is 23.5 Å². The lowest BCUT2D eigenvalue weighted by atomic mass is 9.46. The van der Waals surface area contributed by atoms with Gasteiger partial charge in [-0.25, -0.2) is 4.79 Å². The van der Waals surface area contributed by atoms with Gasteiger partial charge >= 0.3 is 5.97 Å². The number of thiol groups is 1. The second kappa shape index (κ2) is 9.23. The number of aliphatic carboxylic acids is 1. The van der Waals surface area contributed by atoms with E-state index in [1.165, 1.54) is 5.57 Å². The molecule has 0 aromatic carbocycles. The molecule has 0 bridgehead atoms. The average molecular weight is 489 g/mol. The Kier molecular flexibility index (Phi) is 6.82. The number of carboxylic acids is 1. The first-order chi connectivity index (χ1) is 16.1. The second-order valence-corrected chi connectivity index (χ2v) is 11.4. The van der Waals surface area contributed by atoms with Gasteiger partial charge in [-0.3, -0.25) is 4.79 Å². The molecule has 0 heterocycles. The maximum Gasteiger partial charge on any atom is 0.327 e. The Morgan fingerprint density at radius 3 is 2.68 bits per heavy atom. The van der Waals surface area contributed by atoms with E-state index in [0.29, 0.717) is 24.2 Å². The first-order valence-electron chi connectivity index (χ1n) is 12.3. The number of aliphatic hydroxyl groups is 1. The van der Waals surface area contributed by atoms with Gasteiger partial charge in [-0.1, -0.05) is 30.5 Å². The van der Waals surface area contributed by atoms with Crippen LogP contribution in [0.5, 0.6) is 0 Å². The van der Waals surface area contributed by atoms with Gasteiger partial charge in [-0.2, -0.15) is 12.6 Å². The highest BCUT2D eigenvalue weighted by Crippen LogP contribution is 2.67. The van der Waals surface area contributed by atoms with Crippen LogP contribution in [0, 0.1) is 40.9 Å². The number of allylic oxidation sites excluding steroid dienone is 2. The zero-order valence-electron chi connectivity index (χ0n) is 20.0. The van der Waals surface area contributed by atoms with Crippen LogP contribution in [0.3, 0.4) is 0 Å². The van der Waals surface area contributed by atoms with Crippen molar-refractivity contribution in [3.63, 3.8) is 0 Å². The Bertz CT molecular complexity index is 957. The van der Waals surface area contributed by atoms with Gasteiger partial charge in [0.2, 0.25) is 0 Å². The molecule has 3 fully saturated rings. The maximum atomic E-state index is 11.9. The highest BCUT2D eigenvalue weighted by atomic mass is 32.1. The third-order valence-electron chi connectivity index (χ3n) is 9.56. The Morgan fingerprint density at radius 1 is 1.26 bits per heavy atom. The van der Waals surface area contributed by atoms with Crippen LogP contribution < -0.4 is 5.32 Å². The predicted molar refractivity (Wildman–Crippen MR) is 132 cm³/mol. The number of carbonyl (C=O) groups excluding carboxylic acids is 1. The number of carboxylic acid groups (broad SMARTS) is 1. The molecule has 1 amide bonds. The molecule has 0 unspecified atom stereocenters. The molecule has 7 atom stereocenters. The Balaban J connectivity index is 1.42. The van der Waals surface area contributed by atoms with Crippen molar-refractivity contribution in [2.45, 2.75) is 76.9 Å². The molecule has 186 valence electrons. The summed E-state index contributed by atoms with van der Waals surface area (Å²) in [6.45, 7) is 4.27. The first kappa shape index (κ1) is 25.1. The van der Waals surface area contributed by atoms with E-state index in [1.54, 1.807) is 0 Å². The monoisotopic (exact) mass is 488 g/mol. The van der Waals surface area contributed by atoms with Crippen LogP contribution in [-0.2, 0) is 14.4 Å². The zero-order valence-corrected chi connectivity index (χ0v) is 20.9. The first-order valence-corrected chi connectivity index (χ1v) is 12.9. The van der Waals surface area contributed by atoms with Crippen molar-refractivity contribution in [3.05, 3.63) is 11.6 Å². The highest BCUT2D eigenvalue weighted by molar-refractivity contribution is 7.80. The molecule has 0 spiro atoms. The number of hydrogen-bond acceptors (Lipinski definition) is 6. The van der Waals surface area contributed by atoms with E-state index in [2.05, 4.69) is 48.9 Å². The van der Waals surface area contributed by atoms with E-state index in [4.69, 9.17) is 16.4 Å². The molecule has 3 N–H and O–H groups in total. The lowest BCUT2D eigenvalue weighted by molar-refractivity contribution is -0.141. The van der Waals surface area contributed by atoms with Gasteiger partial charge < -0.3 is 20.4 Å². The molecular formula is C26H36N2O5S. The van der Waals surface area contributed by atoms with E-state index in [-0.39, 0.29) is 23.2 Å². The van der Waals surface area contributed by atoms with Crippen LogP contribution in [0.1, 0.15) is 65.2 Å². The largest absolute Gasteiger partial charge is 0.480 e. The summed E-state index contributed by atoms with van der Waals surface area (Å²) in [4.78, 5) is 28.2. The van der Waals surface area contributed by atoms with Crippen LogP contribution >= 0.6 is 12.6 Å². The minimum atomic E-state index is -1.13. The van der Waals surface area contributed by atoms with Crippen LogP contribution in [-0.4, -0.2) is 51.8 Å². The van der Waals surface area contributed by atoms with Gasteiger partial charge in [0, 0.05) is 11.2 Å². The van der Waals surface area contributed by atoms with Crippen molar-refractivity contribution < 1.29 is 24.6 Å². The third kappa shape index (κ3) is 4.05. The number of amides is 1. The van der Waals surface area contributed by atoms with Crippen molar-refractivity contribution >= 4 is 30.2 Å². The van der Waals surface area contributed by atoms with Crippen molar-refractivity contribution in [2.24, 2.45) is 33.7 Å². The summed E-state index contributed by atoms with van der Waals surface area (Å²) in [6.07, 6.45) is 15.5. The van der Waals surface area contributed by atoms with Gasteiger partial charge in [0.25, 0.3) is 5.91 Å². The quantitative estimate of drug-likeness (QED) is 0.261. The van der Waals surface area contributed by atoms with Gasteiger partial charge in [-0.05, 0) is 80.6 Å². The third-order valence-corrected chi connectivity index (χ3v) is 9.93. The topological polar surface area (TPSA) is 108 Å². The lowest BCUT2D eigenvalue weighted by Gasteiger charge is -2.58. The van der Waals surface area contributed by atoms with E-state index in [1.807, 2.05) is 0 Å². The van der Waals surface area contributed by atoms with Gasteiger partial charge in [0.15, 0.2) is 6.61 Å². The average Bonchev–Trinajstić information content (AvgIpc) is 3.08. The Hall–Kier alpha value is -1.98. The van der Waals surface area contributed by atoms with Gasteiger partial charge in [-0.15, -0.1) is 6.42 Å². The molecule has 4 rings (SSSR count). The number of rotatable bonds is 6. The highest BCUT2D eigenvalue weighted by Gasteiger charge is 2.63. The summed E-state index contributed by atoms with van der Waals surface area (Å²) in [5.41, 5.74) is 1.17. The van der Waals surface area contributed by atoms with E-state index in [0.717, 1.165) is 50.7 Å². The molecule has 0 aliphatic heterocycles. The molecule has 8 heteroatoms. The summed E-state index contributed by atoms with van der Waals surface area (Å²) in [7, 11) is 0. The molecular weight excluding hydrogens is 452 g/mol. The summed E-state index contributed by atoms with van der Waals surface area (Å²) < 4.78 is 0. The summed E-state index contributed by atoms with van der Waals surface area (Å²) >= 11 is 3.93. The van der Waals surface area contributed by atoms with Crippen molar-refractivity contribution in [2.75, 3.05) is 12.4 Å². The minimum Gasteiger partial charge on any atom is -0.480 e. The number of fused-ring (bicyclic) bond motifs is 5. The fourth-order valence-corrected chi connectivity index (χ4v) is 7.74. The molecule has 0 saturated heterocycles. The van der Waals surface area contributed by atoms with Crippen LogP contribution in [0.4, 0.5) is 0 Å². The summed E-state index contributed by atoms with van der Waals surface area (Å²) in [5.74, 6) is 2.71. The van der Waals surface area contributed by atoms with Crippen LogP contribution in [0.25, 0.3) is 0 Å². The fraction of sp³-hybridized carbons (Fsp3) is 0.731. The Labute approximate surface area is 207 Å². The van der Waals surface area contributed by atoms with E-state index >= 15 is 0 Å². The number of carbonyl (C=O) groups is 2. The number of nitrogens with zero attached hydrogens (tertiary/aromatic N) is 1. The predicted octanol–water partition coefficient (Wildman–Crippen LogP) is 3.19. The Morgan fingerprint density at radius 2 is 2.00 bits per heavy atom. The van der Waals surface area contributed by atoms with Gasteiger partial charge in [0.1, 0.15) is 11.6 Å². The minimum absolute atomic E-state index is 0.00443. The maximum absolute atomic E-state index is 11.9. The summed E-state index contributed by atoms with van der Waals surface area (Å²) in [6, 6.07) is -1.05. The molecule has 0 aromatic rings. The number of terminal acetylenes is 1. The number of hydrogen-bond donors (Lipinski definition) is 4. The van der Waals surface area contributed by atoms with Crippen molar-refractivity contribution in [1.82, 2.24) is 5.32 Å². The zero-order chi connectivity index (χ0) is 24.7. The molecule has 0 radical (unpaired) electrons. The molecule has 4 aliphatic rings. The van der Waals surface area contributed by atoms with Crippen LogP contribution in [0.2, 0.25) is 0 Å². The normalized spacial score (nSPS) is 40.7. The standard InChI is InChI=1S/C26H36N2O5S/c1-4-26(32)12-9-20-18-6-5-16-13-17(28-33-14-22(29)27-21(15-34)23(30)31)7-10-24(16,2)19(18)8-11-25(20,26)3/h1,13,18-21,32,34H,5-12,14-15H2,2-3H3,(H,27,29)(H,30,31)/b28-17-/t18-,19+,20+,21+,24+,25+,26-/m1/s1. The van der Waals surface area contributed by atoms with E-state index in [9.17, 15) is 14.7 Å². The van der Waals surface area contributed by atoms with Gasteiger partial charge in [0.05, 0.1) is 5.71 Å². The smallest absolute Gasteiger partial charge is 0.327 e. The molecule has 0 aromatic heterocycles. The molecule has 34 heavy (non-hydrogen) atoms. The number of nitrogens with one attached hydrogen (secondary N) is 1. The molecule has 4 aliphatic carbocycles. The van der Waals surface area contributed by atoms with Crippen LogP contribution in [0.15, 0.2) is 16.8 Å².